The minimum Gasteiger partial charge on any atom is -0.487 e. The molecule has 1 aliphatic heterocycles. The van der Waals surface area contributed by atoms with Gasteiger partial charge < -0.3 is 9.84 Å². The van der Waals surface area contributed by atoms with Crippen LogP contribution >= 0.6 is 0 Å². The molecule has 0 bridgehead atoms. The van der Waals surface area contributed by atoms with Gasteiger partial charge in [0.05, 0.1) is 6.10 Å². The highest BCUT2D eigenvalue weighted by molar-refractivity contribution is 5.40. The molecular formula is C13H18O2. The van der Waals surface area contributed by atoms with Gasteiger partial charge in [-0.15, -0.1) is 0 Å². The summed E-state index contributed by atoms with van der Waals surface area (Å²) in [4.78, 5) is 0. The fraction of sp³-hybridized carbons (Fsp3) is 0.538. The van der Waals surface area contributed by atoms with E-state index in [-0.39, 0.29) is 5.60 Å². The lowest BCUT2D eigenvalue weighted by Crippen LogP contribution is -2.37. The molecule has 15 heavy (non-hydrogen) atoms. The number of rotatable bonds is 1. The Hall–Kier alpha value is -1.02. The Morgan fingerprint density at radius 2 is 2.27 bits per heavy atom. The van der Waals surface area contributed by atoms with Crippen LogP contribution in [0.25, 0.3) is 0 Å². The Kier molecular flexibility index (Phi) is 2.47. The highest BCUT2D eigenvalue weighted by Crippen LogP contribution is 2.41. The summed E-state index contributed by atoms with van der Waals surface area (Å²) in [5.74, 6) is 0.837. The largest absolute Gasteiger partial charge is 0.487 e. The lowest BCUT2D eigenvalue weighted by atomic mass is 9.88. The summed E-state index contributed by atoms with van der Waals surface area (Å²) >= 11 is 0. The van der Waals surface area contributed by atoms with Gasteiger partial charge in [-0.25, -0.2) is 0 Å². The first-order valence-electron chi connectivity index (χ1n) is 5.52. The Labute approximate surface area is 90.9 Å². The highest BCUT2D eigenvalue weighted by Gasteiger charge is 2.34. The molecular weight excluding hydrogens is 188 g/mol. The quantitative estimate of drug-likeness (QED) is 0.765. The van der Waals surface area contributed by atoms with Gasteiger partial charge in [0.2, 0.25) is 0 Å². The zero-order chi connectivity index (χ0) is 11.1. The predicted octanol–water partition coefficient (Wildman–Crippen LogP) is 2.98. The number of ether oxygens (including phenoxy) is 1. The second-order valence-corrected chi connectivity index (χ2v) is 4.67. The molecule has 82 valence electrons. The van der Waals surface area contributed by atoms with Crippen molar-refractivity contribution in [2.75, 3.05) is 0 Å². The van der Waals surface area contributed by atoms with E-state index in [1.54, 1.807) is 0 Å². The van der Waals surface area contributed by atoms with Crippen molar-refractivity contribution in [3.8, 4) is 5.75 Å². The molecule has 0 saturated carbocycles. The number of aryl methyl sites for hydroxylation is 1. The first-order valence-corrected chi connectivity index (χ1v) is 5.52. The van der Waals surface area contributed by atoms with Crippen molar-refractivity contribution >= 4 is 0 Å². The summed E-state index contributed by atoms with van der Waals surface area (Å²) in [6.45, 7) is 6.17. The molecule has 1 aliphatic rings. The lowest BCUT2D eigenvalue weighted by Gasteiger charge is -2.37. The molecule has 1 N–H and O–H groups in total. The Balaban J connectivity index is 2.41. The molecule has 0 spiro atoms. The van der Waals surface area contributed by atoms with Crippen molar-refractivity contribution in [3.63, 3.8) is 0 Å². The fourth-order valence-corrected chi connectivity index (χ4v) is 2.06. The average Bonchev–Trinajstić information content (AvgIpc) is 2.20. The zero-order valence-corrected chi connectivity index (χ0v) is 9.58. The van der Waals surface area contributed by atoms with Gasteiger partial charge >= 0.3 is 0 Å². The average molecular weight is 206 g/mol. The molecule has 2 atom stereocenters. The van der Waals surface area contributed by atoms with Gasteiger partial charge in [0.15, 0.2) is 0 Å². The number of fused-ring (bicyclic) bond motifs is 1. The predicted molar refractivity (Wildman–Crippen MR) is 60.1 cm³/mol. The third-order valence-corrected chi connectivity index (χ3v) is 3.25. The molecule has 1 aromatic rings. The van der Waals surface area contributed by atoms with Crippen LogP contribution in [0.2, 0.25) is 0 Å². The van der Waals surface area contributed by atoms with Crippen LogP contribution in [0.5, 0.6) is 5.75 Å². The molecule has 0 fully saturated rings. The van der Waals surface area contributed by atoms with Crippen LogP contribution < -0.4 is 4.74 Å². The highest BCUT2D eigenvalue weighted by atomic mass is 16.5. The van der Waals surface area contributed by atoms with E-state index in [4.69, 9.17) is 4.74 Å². The van der Waals surface area contributed by atoms with Gasteiger partial charge in [0, 0.05) is 12.0 Å². The molecule has 2 heteroatoms. The maximum atomic E-state index is 10.1. The first kappa shape index (κ1) is 10.5. The SMILES string of the molecule is CCC1(C)C[C@@H](O)c2cc(C)ccc2O1. The Morgan fingerprint density at radius 3 is 2.93 bits per heavy atom. The maximum absolute atomic E-state index is 10.1. The van der Waals surface area contributed by atoms with Gasteiger partial charge in [-0.2, -0.15) is 0 Å². The minimum absolute atomic E-state index is 0.221. The molecule has 0 saturated heterocycles. The van der Waals surface area contributed by atoms with E-state index in [9.17, 15) is 5.11 Å². The molecule has 0 amide bonds. The Morgan fingerprint density at radius 1 is 1.53 bits per heavy atom. The zero-order valence-electron chi connectivity index (χ0n) is 9.58. The summed E-state index contributed by atoms with van der Waals surface area (Å²) in [5.41, 5.74) is 1.87. The Bertz CT molecular complexity index is 373. The molecule has 0 aliphatic carbocycles. The number of benzene rings is 1. The van der Waals surface area contributed by atoms with Crippen molar-refractivity contribution in [1.82, 2.24) is 0 Å². The topological polar surface area (TPSA) is 29.5 Å². The third-order valence-electron chi connectivity index (χ3n) is 3.25. The monoisotopic (exact) mass is 206 g/mol. The van der Waals surface area contributed by atoms with E-state index in [2.05, 4.69) is 13.8 Å². The van der Waals surface area contributed by atoms with E-state index in [1.165, 1.54) is 0 Å². The maximum Gasteiger partial charge on any atom is 0.125 e. The summed E-state index contributed by atoms with van der Waals surface area (Å²) in [7, 11) is 0. The summed E-state index contributed by atoms with van der Waals surface area (Å²) < 4.78 is 5.93. The van der Waals surface area contributed by atoms with Crippen LogP contribution in [-0.2, 0) is 0 Å². The fourth-order valence-electron chi connectivity index (χ4n) is 2.06. The number of aliphatic hydroxyl groups is 1. The minimum atomic E-state index is -0.390. The van der Waals surface area contributed by atoms with Gasteiger partial charge in [-0.3, -0.25) is 0 Å². The lowest BCUT2D eigenvalue weighted by molar-refractivity contribution is -0.00381. The number of hydrogen-bond donors (Lipinski definition) is 1. The van der Waals surface area contributed by atoms with Crippen molar-refractivity contribution < 1.29 is 9.84 Å². The van der Waals surface area contributed by atoms with Crippen LogP contribution in [0.3, 0.4) is 0 Å². The molecule has 1 aromatic carbocycles. The number of hydrogen-bond acceptors (Lipinski definition) is 2. The smallest absolute Gasteiger partial charge is 0.125 e. The van der Waals surface area contributed by atoms with Crippen LogP contribution in [0.15, 0.2) is 18.2 Å². The summed E-state index contributed by atoms with van der Waals surface area (Å²) in [6.07, 6.45) is 1.20. The molecule has 0 aromatic heterocycles. The van der Waals surface area contributed by atoms with E-state index in [0.29, 0.717) is 6.42 Å². The van der Waals surface area contributed by atoms with Crippen molar-refractivity contribution in [1.29, 1.82) is 0 Å². The molecule has 0 radical (unpaired) electrons. The van der Waals surface area contributed by atoms with Gasteiger partial charge in [0.25, 0.3) is 0 Å². The van der Waals surface area contributed by atoms with Gasteiger partial charge in [-0.1, -0.05) is 18.6 Å². The van der Waals surface area contributed by atoms with Crippen LogP contribution in [-0.4, -0.2) is 10.7 Å². The van der Waals surface area contributed by atoms with Crippen LogP contribution in [0.4, 0.5) is 0 Å². The van der Waals surface area contributed by atoms with E-state index in [1.807, 2.05) is 25.1 Å². The van der Waals surface area contributed by atoms with Crippen molar-refractivity contribution in [2.45, 2.75) is 45.3 Å². The summed E-state index contributed by atoms with van der Waals surface area (Å²) in [6, 6.07) is 5.99. The van der Waals surface area contributed by atoms with Crippen LogP contribution in [0, 0.1) is 6.92 Å². The van der Waals surface area contributed by atoms with E-state index in [0.717, 1.165) is 23.3 Å². The van der Waals surface area contributed by atoms with Gasteiger partial charge in [-0.05, 0) is 32.4 Å². The second kappa shape index (κ2) is 3.53. The molecule has 2 rings (SSSR count). The molecule has 2 nitrogen and oxygen atoms in total. The molecule has 1 unspecified atom stereocenters. The van der Waals surface area contributed by atoms with E-state index < -0.39 is 6.10 Å². The van der Waals surface area contributed by atoms with Crippen LogP contribution in [0.1, 0.15) is 43.9 Å². The third kappa shape index (κ3) is 1.86. The number of aliphatic hydroxyl groups excluding tert-OH is 1. The first-order chi connectivity index (χ1) is 7.04. The van der Waals surface area contributed by atoms with Gasteiger partial charge in [0.1, 0.15) is 11.4 Å². The van der Waals surface area contributed by atoms with E-state index >= 15 is 0 Å². The standard InChI is InChI=1S/C13H18O2/c1-4-13(3)8-11(14)10-7-9(2)5-6-12(10)15-13/h5-7,11,14H,4,8H2,1-3H3/t11-,13?/m1/s1. The van der Waals surface area contributed by atoms with Crippen molar-refractivity contribution in [3.05, 3.63) is 29.3 Å². The normalized spacial score (nSPS) is 29.5. The van der Waals surface area contributed by atoms with Crippen molar-refractivity contribution in [2.24, 2.45) is 0 Å². The molecule has 1 heterocycles. The second-order valence-electron chi connectivity index (χ2n) is 4.67. The summed E-state index contributed by atoms with van der Waals surface area (Å²) in [5, 5.41) is 10.1.